The highest BCUT2D eigenvalue weighted by Gasteiger charge is 2.18. The van der Waals surface area contributed by atoms with Crippen molar-refractivity contribution in [2.24, 2.45) is 17.6 Å². The van der Waals surface area contributed by atoms with Gasteiger partial charge in [-0.1, -0.05) is 26.0 Å². The van der Waals surface area contributed by atoms with E-state index in [9.17, 15) is 4.79 Å². The molecule has 1 unspecified atom stereocenters. The number of hydrogen-bond donors (Lipinski definition) is 1. The second-order valence-corrected chi connectivity index (χ2v) is 5.22. The van der Waals surface area contributed by atoms with Crippen LogP contribution in [0.4, 0.5) is 0 Å². The minimum absolute atomic E-state index is 0.303. The minimum Gasteiger partial charge on any atom is -0.339 e. The summed E-state index contributed by atoms with van der Waals surface area (Å²) in [6.45, 7) is 6.84. The molecular formula is C14H26N2O. The molecule has 17 heavy (non-hydrogen) atoms. The van der Waals surface area contributed by atoms with Crippen molar-refractivity contribution in [2.75, 3.05) is 19.6 Å². The Balaban J connectivity index is 2.32. The average Bonchev–Trinajstić information content (AvgIpc) is 2.34. The average molecular weight is 238 g/mol. The van der Waals surface area contributed by atoms with E-state index in [0.717, 1.165) is 38.9 Å². The molecule has 3 nitrogen and oxygen atoms in total. The van der Waals surface area contributed by atoms with Crippen LogP contribution in [0.3, 0.4) is 0 Å². The van der Waals surface area contributed by atoms with E-state index in [1.165, 1.54) is 0 Å². The molecule has 0 spiro atoms. The smallest absolute Gasteiger partial charge is 0.222 e. The van der Waals surface area contributed by atoms with Crippen LogP contribution in [0.2, 0.25) is 0 Å². The molecule has 0 aliphatic carbocycles. The Bertz CT molecular complexity index is 261. The second kappa shape index (κ2) is 7.49. The Labute approximate surface area is 105 Å². The lowest BCUT2D eigenvalue weighted by atomic mass is 9.88. The van der Waals surface area contributed by atoms with Gasteiger partial charge in [-0.2, -0.15) is 0 Å². The third-order valence-electron chi connectivity index (χ3n) is 3.62. The predicted octanol–water partition coefficient (Wildman–Crippen LogP) is 2.18. The fourth-order valence-corrected chi connectivity index (χ4v) is 2.36. The third-order valence-corrected chi connectivity index (χ3v) is 3.62. The molecule has 0 saturated heterocycles. The largest absolute Gasteiger partial charge is 0.339 e. The zero-order valence-electron chi connectivity index (χ0n) is 11.2. The molecule has 0 fully saturated rings. The van der Waals surface area contributed by atoms with Crippen LogP contribution in [0.1, 0.15) is 39.5 Å². The molecule has 1 atom stereocenters. The Morgan fingerprint density at radius 2 is 2.12 bits per heavy atom. The summed E-state index contributed by atoms with van der Waals surface area (Å²) >= 11 is 0. The number of nitrogens with two attached hydrogens (primary N) is 1. The monoisotopic (exact) mass is 238 g/mol. The van der Waals surface area contributed by atoms with Crippen LogP contribution < -0.4 is 5.73 Å². The van der Waals surface area contributed by atoms with Gasteiger partial charge in [-0.3, -0.25) is 4.79 Å². The van der Waals surface area contributed by atoms with Crippen molar-refractivity contribution in [3.05, 3.63) is 12.2 Å². The molecule has 0 bridgehead atoms. The fourth-order valence-electron chi connectivity index (χ4n) is 2.36. The fraction of sp³-hybridized carbons (Fsp3) is 0.786. The molecule has 0 aromatic carbocycles. The van der Waals surface area contributed by atoms with Gasteiger partial charge in [0.05, 0.1) is 0 Å². The Morgan fingerprint density at radius 3 is 2.65 bits per heavy atom. The van der Waals surface area contributed by atoms with Gasteiger partial charge in [-0.25, -0.2) is 0 Å². The highest BCUT2D eigenvalue weighted by Crippen LogP contribution is 2.21. The lowest BCUT2D eigenvalue weighted by Gasteiger charge is -2.25. The van der Waals surface area contributed by atoms with E-state index in [4.69, 9.17) is 5.73 Å². The van der Waals surface area contributed by atoms with Gasteiger partial charge in [0.15, 0.2) is 0 Å². The highest BCUT2D eigenvalue weighted by atomic mass is 16.2. The molecular weight excluding hydrogens is 212 g/mol. The van der Waals surface area contributed by atoms with Crippen molar-refractivity contribution in [3.63, 3.8) is 0 Å². The minimum atomic E-state index is 0.303. The van der Waals surface area contributed by atoms with Crippen LogP contribution in [0.15, 0.2) is 12.2 Å². The molecule has 98 valence electrons. The lowest BCUT2D eigenvalue weighted by molar-refractivity contribution is -0.131. The van der Waals surface area contributed by atoms with Crippen molar-refractivity contribution >= 4 is 5.91 Å². The standard InChI is InChI=1S/C14H26N2O/c1-12(2)13(8-9-15)6-7-14(17)16-10-4-3-5-11-16/h3-4,12-13H,5-11,15H2,1-2H3. The molecule has 1 amide bonds. The van der Waals surface area contributed by atoms with E-state index in [2.05, 4.69) is 26.0 Å². The van der Waals surface area contributed by atoms with Gasteiger partial charge < -0.3 is 10.6 Å². The SMILES string of the molecule is CC(C)C(CCN)CCC(=O)N1CC=CCC1. The summed E-state index contributed by atoms with van der Waals surface area (Å²) in [5.74, 6) is 1.51. The molecule has 2 N–H and O–H groups in total. The summed E-state index contributed by atoms with van der Waals surface area (Å²) in [5, 5.41) is 0. The maximum atomic E-state index is 12.0. The van der Waals surface area contributed by atoms with Gasteiger partial charge in [-0.05, 0) is 37.6 Å². The van der Waals surface area contributed by atoms with Crippen LogP contribution in [-0.4, -0.2) is 30.4 Å². The van der Waals surface area contributed by atoms with Crippen LogP contribution >= 0.6 is 0 Å². The van der Waals surface area contributed by atoms with Gasteiger partial charge in [0.1, 0.15) is 0 Å². The summed E-state index contributed by atoms with van der Waals surface area (Å²) in [6, 6.07) is 0. The first-order chi connectivity index (χ1) is 8.15. The van der Waals surface area contributed by atoms with Crippen LogP contribution in [0, 0.1) is 11.8 Å². The normalized spacial score (nSPS) is 17.5. The number of rotatable bonds is 6. The molecule has 3 heteroatoms. The van der Waals surface area contributed by atoms with Gasteiger partial charge in [-0.15, -0.1) is 0 Å². The zero-order chi connectivity index (χ0) is 12.7. The molecule has 1 aliphatic heterocycles. The summed E-state index contributed by atoms with van der Waals surface area (Å²) in [4.78, 5) is 13.9. The summed E-state index contributed by atoms with van der Waals surface area (Å²) in [5.41, 5.74) is 5.61. The molecule has 0 saturated carbocycles. The molecule has 1 heterocycles. The van der Waals surface area contributed by atoms with Crippen LogP contribution in [0.5, 0.6) is 0 Å². The first-order valence-electron chi connectivity index (χ1n) is 6.78. The second-order valence-electron chi connectivity index (χ2n) is 5.22. The Hall–Kier alpha value is -0.830. The number of carbonyl (C=O) groups is 1. The molecule has 1 aliphatic rings. The van der Waals surface area contributed by atoms with Crippen molar-refractivity contribution in [2.45, 2.75) is 39.5 Å². The molecule has 0 aromatic rings. The summed E-state index contributed by atoms with van der Waals surface area (Å²) in [7, 11) is 0. The zero-order valence-corrected chi connectivity index (χ0v) is 11.2. The third kappa shape index (κ3) is 4.90. The van der Waals surface area contributed by atoms with Crippen LogP contribution in [-0.2, 0) is 4.79 Å². The first-order valence-corrected chi connectivity index (χ1v) is 6.78. The Morgan fingerprint density at radius 1 is 1.35 bits per heavy atom. The highest BCUT2D eigenvalue weighted by molar-refractivity contribution is 5.76. The molecule has 0 aromatic heterocycles. The van der Waals surface area contributed by atoms with E-state index < -0.39 is 0 Å². The number of hydrogen-bond acceptors (Lipinski definition) is 2. The lowest BCUT2D eigenvalue weighted by Crippen LogP contribution is -2.34. The number of carbonyl (C=O) groups excluding carboxylic acids is 1. The maximum Gasteiger partial charge on any atom is 0.222 e. The quantitative estimate of drug-likeness (QED) is 0.721. The van der Waals surface area contributed by atoms with Crippen molar-refractivity contribution in [3.8, 4) is 0 Å². The van der Waals surface area contributed by atoms with E-state index in [-0.39, 0.29) is 0 Å². The van der Waals surface area contributed by atoms with E-state index in [0.29, 0.717) is 24.2 Å². The Kier molecular flexibility index (Phi) is 6.27. The van der Waals surface area contributed by atoms with Gasteiger partial charge in [0, 0.05) is 19.5 Å². The van der Waals surface area contributed by atoms with E-state index >= 15 is 0 Å². The molecule has 0 radical (unpaired) electrons. The van der Waals surface area contributed by atoms with Gasteiger partial charge in [0.2, 0.25) is 5.91 Å². The summed E-state index contributed by atoms with van der Waals surface area (Å²) < 4.78 is 0. The van der Waals surface area contributed by atoms with Gasteiger partial charge >= 0.3 is 0 Å². The van der Waals surface area contributed by atoms with Crippen molar-refractivity contribution in [1.29, 1.82) is 0 Å². The van der Waals surface area contributed by atoms with Crippen molar-refractivity contribution < 1.29 is 4.79 Å². The van der Waals surface area contributed by atoms with Crippen LogP contribution in [0.25, 0.3) is 0 Å². The first kappa shape index (κ1) is 14.2. The topological polar surface area (TPSA) is 46.3 Å². The van der Waals surface area contributed by atoms with Gasteiger partial charge in [0.25, 0.3) is 0 Å². The van der Waals surface area contributed by atoms with E-state index in [1.807, 2.05) is 4.90 Å². The van der Waals surface area contributed by atoms with Crippen molar-refractivity contribution in [1.82, 2.24) is 4.90 Å². The number of amides is 1. The number of nitrogens with zero attached hydrogens (tertiary/aromatic N) is 1. The summed E-state index contributed by atoms with van der Waals surface area (Å²) in [6.07, 6.45) is 7.92. The maximum absolute atomic E-state index is 12.0. The molecule has 1 rings (SSSR count). The van der Waals surface area contributed by atoms with E-state index in [1.54, 1.807) is 0 Å². The predicted molar refractivity (Wildman–Crippen MR) is 71.6 cm³/mol.